The molecule has 8 aromatic carbocycles. The number of fused-ring (bicyclic) bond motifs is 3. The number of nitrogens with one attached hydrogen (secondary N) is 1. The van der Waals surface area contributed by atoms with E-state index in [4.69, 9.17) is 9.98 Å². The Morgan fingerprint density at radius 2 is 1.08 bits per heavy atom. The van der Waals surface area contributed by atoms with Crippen LogP contribution >= 0.6 is 0 Å². The lowest BCUT2D eigenvalue weighted by Crippen LogP contribution is -2.33. The first-order valence-corrected chi connectivity index (χ1v) is 18.1. The Labute approximate surface area is 307 Å². The third kappa shape index (κ3) is 4.69. The van der Waals surface area contributed by atoms with E-state index in [9.17, 15) is 0 Å². The van der Waals surface area contributed by atoms with Crippen LogP contribution in [0.15, 0.2) is 192 Å². The van der Waals surface area contributed by atoms with Crippen LogP contribution in [0.3, 0.4) is 0 Å². The topological polar surface area (TPSA) is 41.7 Å². The first-order chi connectivity index (χ1) is 26.3. The van der Waals surface area contributed by atoms with Gasteiger partial charge in [0.05, 0.1) is 11.0 Å². The average molecular weight is 677 g/mol. The summed E-state index contributed by atoms with van der Waals surface area (Å²) in [6.45, 7) is 0. The predicted molar refractivity (Wildman–Crippen MR) is 220 cm³/mol. The van der Waals surface area contributed by atoms with Crippen LogP contribution in [-0.4, -0.2) is 16.2 Å². The molecule has 1 aliphatic heterocycles. The molecule has 9 aromatic rings. The Morgan fingerprint density at radius 1 is 0.434 bits per heavy atom. The van der Waals surface area contributed by atoms with Crippen molar-refractivity contribution in [1.82, 2.24) is 9.88 Å². The quantitative estimate of drug-likeness (QED) is 0.194. The van der Waals surface area contributed by atoms with Gasteiger partial charge in [-0.1, -0.05) is 133 Å². The first-order valence-electron chi connectivity index (χ1n) is 18.1. The standard InChI is InChI=1S/C49H32N4/c1-4-13-31(14-5-1)36-29-35-25-28-43-46-44(35)41(30-36)39-20-11-10-19-38(39)40-21-12-22-42(45(40)46)53(43)37-26-23-34(24-27-37)49-51-47(32-15-6-2-7-16-32)50-48(52-49)33-17-8-3-9-18-33/h1-30,47H,(H,50,51,52). The zero-order chi connectivity index (χ0) is 34.9. The summed E-state index contributed by atoms with van der Waals surface area (Å²) in [4.78, 5) is 10.2. The fourth-order valence-electron chi connectivity index (χ4n) is 8.37. The third-order valence-electron chi connectivity index (χ3n) is 10.8. The molecule has 1 aromatic heterocycles. The minimum absolute atomic E-state index is 0.243. The fraction of sp³-hybridized carbons (Fsp3) is 0.0204. The number of aliphatic imine (C=N–C) groups is 2. The molecule has 0 bridgehead atoms. The van der Waals surface area contributed by atoms with Crippen molar-refractivity contribution < 1.29 is 0 Å². The second kappa shape index (κ2) is 11.8. The number of benzene rings is 8. The summed E-state index contributed by atoms with van der Waals surface area (Å²) in [7, 11) is 0. The molecule has 53 heavy (non-hydrogen) atoms. The molecule has 0 radical (unpaired) electrons. The summed E-state index contributed by atoms with van der Waals surface area (Å²) in [5, 5.41) is 8.71. The van der Waals surface area contributed by atoms with E-state index in [2.05, 4.69) is 168 Å². The zero-order valence-corrected chi connectivity index (χ0v) is 28.7. The van der Waals surface area contributed by atoms with E-state index >= 15 is 0 Å². The first kappa shape index (κ1) is 29.7. The summed E-state index contributed by atoms with van der Waals surface area (Å²) < 4.78 is 2.43. The van der Waals surface area contributed by atoms with E-state index in [0.717, 1.165) is 28.2 Å². The van der Waals surface area contributed by atoms with Crippen LogP contribution in [-0.2, 0) is 0 Å². The van der Waals surface area contributed by atoms with Crippen LogP contribution in [0.4, 0.5) is 0 Å². The van der Waals surface area contributed by atoms with Crippen molar-refractivity contribution in [3.63, 3.8) is 0 Å². The molecule has 1 atom stereocenters. The number of nitrogens with zero attached hydrogens (tertiary/aromatic N) is 3. The third-order valence-corrected chi connectivity index (χ3v) is 10.8. The molecule has 2 aliphatic rings. The summed E-state index contributed by atoms with van der Waals surface area (Å²) >= 11 is 0. The minimum atomic E-state index is -0.243. The van der Waals surface area contributed by atoms with Crippen LogP contribution in [0.5, 0.6) is 0 Å². The molecule has 4 nitrogen and oxygen atoms in total. The molecule has 1 aliphatic carbocycles. The van der Waals surface area contributed by atoms with Gasteiger partial charge in [0.25, 0.3) is 0 Å². The number of hydrogen-bond donors (Lipinski definition) is 1. The molecule has 1 unspecified atom stereocenters. The Bertz CT molecular complexity index is 2940. The summed E-state index contributed by atoms with van der Waals surface area (Å²) in [6.07, 6.45) is -0.243. The normalized spacial score (nSPS) is 14.6. The Kier molecular flexibility index (Phi) is 6.58. The van der Waals surface area contributed by atoms with Crippen molar-refractivity contribution in [3.8, 4) is 39.1 Å². The monoisotopic (exact) mass is 676 g/mol. The zero-order valence-electron chi connectivity index (χ0n) is 28.7. The molecule has 4 heteroatoms. The van der Waals surface area contributed by atoms with Gasteiger partial charge in [-0.05, 0) is 98.2 Å². The van der Waals surface area contributed by atoms with Crippen molar-refractivity contribution in [2.24, 2.45) is 9.98 Å². The Balaban J connectivity index is 1.10. The highest BCUT2D eigenvalue weighted by atomic mass is 15.2. The van der Waals surface area contributed by atoms with E-state index in [1.54, 1.807) is 0 Å². The molecule has 1 N–H and O–H groups in total. The van der Waals surface area contributed by atoms with Crippen molar-refractivity contribution in [2.75, 3.05) is 0 Å². The number of aromatic nitrogens is 1. The van der Waals surface area contributed by atoms with Gasteiger partial charge in [-0.15, -0.1) is 0 Å². The molecule has 0 spiro atoms. The van der Waals surface area contributed by atoms with E-state index in [-0.39, 0.29) is 6.17 Å². The number of amidine groups is 2. The van der Waals surface area contributed by atoms with Gasteiger partial charge in [0.15, 0.2) is 5.84 Å². The second-order valence-electron chi connectivity index (χ2n) is 13.8. The molecular weight excluding hydrogens is 645 g/mol. The molecule has 0 saturated heterocycles. The molecule has 0 saturated carbocycles. The highest BCUT2D eigenvalue weighted by Gasteiger charge is 2.26. The van der Waals surface area contributed by atoms with Crippen LogP contribution in [0, 0.1) is 0 Å². The van der Waals surface area contributed by atoms with Gasteiger partial charge in [-0.2, -0.15) is 0 Å². The number of hydrogen-bond acceptors (Lipinski definition) is 3. The SMILES string of the molecule is c1ccc(C2=NC(c3ccc(-n4c5cccc6c5c5c7c(cc(-c8ccccc8)cc7ccc54)-c4ccccc4-6)cc3)=NC(c3ccccc3)N2)cc1. The second-order valence-corrected chi connectivity index (χ2v) is 13.8. The summed E-state index contributed by atoms with van der Waals surface area (Å²) in [5.74, 6) is 1.53. The van der Waals surface area contributed by atoms with Crippen LogP contribution in [0.1, 0.15) is 22.9 Å². The van der Waals surface area contributed by atoms with Gasteiger partial charge in [-0.3, -0.25) is 0 Å². The van der Waals surface area contributed by atoms with Gasteiger partial charge >= 0.3 is 0 Å². The van der Waals surface area contributed by atoms with Gasteiger partial charge in [0.1, 0.15) is 12.0 Å². The van der Waals surface area contributed by atoms with E-state index in [1.165, 1.54) is 66.0 Å². The molecule has 11 rings (SSSR count). The highest BCUT2D eigenvalue weighted by Crippen LogP contribution is 2.50. The van der Waals surface area contributed by atoms with Crippen LogP contribution in [0.2, 0.25) is 0 Å². The van der Waals surface area contributed by atoms with Gasteiger partial charge in [-0.25, -0.2) is 9.98 Å². The Morgan fingerprint density at radius 3 is 1.83 bits per heavy atom. The van der Waals surface area contributed by atoms with Crippen molar-refractivity contribution >= 4 is 44.2 Å². The largest absolute Gasteiger partial charge is 0.344 e. The van der Waals surface area contributed by atoms with E-state index in [0.29, 0.717) is 5.84 Å². The van der Waals surface area contributed by atoms with Crippen molar-refractivity contribution in [3.05, 3.63) is 199 Å². The maximum Gasteiger partial charge on any atom is 0.159 e. The molecule has 248 valence electrons. The van der Waals surface area contributed by atoms with Gasteiger partial charge in [0, 0.05) is 27.6 Å². The number of rotatable bonds is 5. The van der Waals surface area contributed by atoms with Crippen molar-refractivity contribution in [2.45, 2.75) is 6.17 Å². The molecule has 0 fully saturated rings. The lowest BCUT2D eigenvalue weighted by atomic mass is 9.90. The lowest BCUT2D eigenvalue weighted by molar-refractivity contribution is 0.674. The van der Waals surface area contributed by atoms with Gasteiger partial charge in [0.2, 0.25) is 0 Å². The molecular formula is C49H32N4. The van der Waals surface area contributed by atoms with E-state index in [1.807, 2.05) is 24.3 Å². The van der Waals surface area contributed by atoms with Gasteiger partial charge < -0.3 is 9.88 Å². The lowest BCUT2D eigenvalue weighted by Gasteiger charge is -2.23. The van der Waals surface area contributed by atoms with Crippen LogP contribution < -0.4 is 5.32 Å². The summed E-state index contributed by atoms with van der Waals surface area (Å²) in [6, 6.07) is 65.1. The maximum atomic E-state index is 5.11. The van der Waals surface area contributed by atoms with Crippen molar-refractivity contribution in [1.29, 1.82) is 0 Å². The van der Waals surface area contributed by atoms with E-state index < -0.39 is 0 Å². The average Bonchev–Trinajstić information content (AvgIpc) is 3.52. The summed E-state index contributed by atoms with van der Waals surface area (Å²) in [5.41, 5.74) is 14.1. The molecule has 0 amide bonds. The predicted octanol–water partition coefficient (Wildman–Crippen LogP) is 11.7. The Hall–Kier alpha value is -7.04. The smallest absolute Gasteiger partial charge is 0.159 e. The highest BCUT2D eigenvalue weighted by molar-refractivity contribution is 6.30. The minimum Gasteiger partial charge on any atom is -0.344 e. The maximum absolute atomic E-state index is 5.11. The molecule has 2 heterocycles. The fourth-order valence-corrected chi connectivity index (χ4v) is 8.37. The van der Waals surface area contributed by atoms with Crippen LogP contribution in [0.25, 0.3) is 71.6 Å².